The van der Waals surface area contributed by atoms with E-state index < -0.39 is 22.3 Å². The zero-order valence-corrected chi connectivity index (χ0v) is 15.0. The van der Waals surface area contributed by atoms with E-state index in [1.807, 2.05) is 0 Å². The minimum absolute atomic E-state index is 0.288. The van der Waals surface area contributed by atoms with Gasteiger partial charge in [-0.25, -0.2) is 0 Å². The highest BCUT2D eigenvalue weighted by Gasteiger charge is 2.23. The number of hydrogen-bond acceptors (Lipinski definition) is 3. The monoisotopic (exact) mass is 291 g/mol. The van der Waals surface area contributed by atoms with Gasteiger partial charge in [0, 0.05) is 29.3 Å². The first kappa shape index (κ1) is 18.3. The first-order valence-electron chi connectivity index (χ1n) is 7.12. The first-order chi connectivity index (χ1) is 8.16. The maximum absolute atomic E-state index is 9.25. The van der Waals surface area contributed by atoms with Crippen LogP contribution in [0, 0.1) is 0 Å². The fourth-order valence-corrected chi connectivity index (χ4v) is 8.84. The summed E-state index contributed by atoms with van der Waals surface area (Å²) < 4.78 is 5.43. The van der Waals surface area contributed by atoms with Gasteiger partial charge >= 0.3 is 0 Å². The van der Waals surface area contributed by atoms with E-state index in [0.29, 0.717) is 6.61 Å². The van der Waals surface area contributed by atoms with Crippen molar-refractivity contribution in [2.24, 2.45) is 5.73 Å². The second-order valence-electron chi connectivity index (χ2n) is 7.29. The Morgan fingerprint density at radius 2 is 1.67 bits per heavy atom. The van der Waals surface area contributed by atoms with Gasteiger partial charge in [0.15, 0.2) is 0 Å². The number of rotatable bonds is 10. The summed E-state index contributed by atoms with van der Waals surface area (Å²) in [4.78, 5) is 0. The molecule has 110 valence electrons. The lowest BCUT2D eigenvalue weighted by molar-refractivity contribution is 0.0416. The number of ether oxygens (including phenoxy) is 1. The summed E-state index contributed by atoms with van der Waals surface area (Å²) in [5.41, 5.74) is 5.32. The van der Waals surface area contributed by atoms with Crippen molar-refractivity contribution in [3.8, 4) is 0 Å². The van der Waals surface area contributed by atoms with E-state index in [-0.39, 0.29) is 6.54 Å². The van der Waals surface area contributed by atoms with Crippen molar-refractivity contribution < 1.29 is 9.84 Å². The lowest BCUT2D eigenvalue weighted by atomic mass is 10.4. The molecular formula is C13H33NO2Si2. The third kappa shape index (κ3) is 11.4. The Kier molecular flexibility index (Phi) is 8.63. The van der Waals surface area contributed by atoms with E-state index in [2.05, 4.69) is 32.7 Å². The molecule has 18 heavy (non-hydrogen) atoms. The molecule has 0 aromatic rings. The van der Waals surface area contributed by atoms with Gasteiger partial charge in [-0.15, -0.1) is 0 Å². The molecule has 0 aromatic carbocycles. The van der Waals surface area contributed by atoms with Crippen LogP contribution in [0.15, 0.2) is 0 Å². The number of nitrogens with two attached hydrogens (primary N) is 1. The molecule has 0 aliphatic rings. The quantitative estimate of drug-likeness (QED) is 0.481. The van der Waals surface area contributed by atoms with Gasteiger partial charge in [-0.05, 0) is 6.42 Å². The van der Waals surface area contributed by atoms with Crippen LogP contribution in [-0.2, 0) is 4.74 Å². The molecule has 3 N–H and O–H groups in total. The summed E-state index contributed by atoms with van der Waals surface area (Å²) in [5, 5.41) is 9.25. The smallest absolute Gasteiger partial charge is 0.0895 e. The molecule has 0 bridgehead atoms. The first-order valence-corrected chi connectivity index (χ1v) is 14.2. The van der Waals surface area contributed by atoms with E-state index in [4.69, 9.17) is 10.5 Å². The Morgan fingerprint density at radius 1 is 1.06 bits per heavy atom. The molecule has 0 amide bonds. The highest BCUT2D eigenvalue weighted by atomic mass is 28.3. The molecule has 0 fully saturated rings. The average Bonchev–Trinajstić information content (AvgIpc) is 2.25. The van der Waals surface area contributed by atoms with Gasteiger partial charge < -0.3 is 15.6 Å². The van der Waals surface area contributed by atoms with Crippen LogP contribution in [-0.4, -0.2) is 47.1 Å². The molecule has 0 spiro atoms. The Labute approximate surface area is 115 Å². The molecule has 1 unspecified atom stereocenters. The molecule has 0 aliphatic carbocycles. The van der Waals surface area contributed by atoms with Crippen LogP contribution >= 0.6 is 0 Å². The zero-order chi connectivity index (χ0) is 14.2. The third-order valence-electron chi connectivity index (χ3n) is 3.28. The molecule has 0 aromatic heterocycles. The van der Waals surface area contributed by atoms with Crippen LogP contribution in [0.1, 0.15) is 6.42 Å². The highest BCUT2D eigenvalue weighted by molar-refractivity contribution is 6.82. The van der Waals surface area contributed by atoms with Crippen LogP contribution in [0.4, 0.5) is 0 Å². The second-order valence-corrected chi connectivity index (χ2v) is 18.2. The van der Waals surface area contributed by atoms with Crippen molar-refractivity contribution in [3.05, 3.63) is 0 Å². The molecule has 0 saturated carbocycles. The molecule has 5 heteroatoms. The third-order valence-corrected chi connectivity index (χ3v) is 8.84. The second kappa shape index (κ2) is 8.48. The van der Waals surface area contributed by atoms with E-state index in [1.165, 1.54) is 18.1 Å². The Balaban J connectivity index is 3.64. The minimum Gasteiger partial charge on any atom is -0.389 e. The summed E-state index contributed by atoms with van der Waals surface area (Å²) in [6.07, 6.45) is 0.629. The van der Waals surface area contributed by atoms with Crippen LogP contribution in [0.25, 0.3) is 0 Å². The predicted octanol–water partition coefficient (Wildman–Crippen LogP) is 2.76. The fourth-order valence-electron chi connectivity index (χ4n) is 1.78. The lowest BCUT2D eigenvalue weighted by Gasteiger charge is -2.26. The molecular weight excluding hydrogens is 258 g/mol. The van der Waals surface area contributed by atoms with Gasteiger partial charge in [0.05, 0.1) is 12.7 Å². The van der Waals surface area contributed by atoms with E-state index in [1.54, 1.807) is 0 Å². The van der Waals surface area contributed by atoms with Crippen molar-refractivity contribution in [1.82, 2.24) is 0 Å². The van der Waals surface area contributed by atoms with E-state index in [9.17, 15) is 5.11 Å². The molecule has 0 heterocycles. The maximum Gasteiger partial charge on any atom is 0.0895 e. The standard InChI is InChI=1S/C13H33NO2Si2/c1-17(2,3)9-10-18(4,5)8-6-7-16-12-13(15)11-14/h13,15H,6-12,14H2,1-5H3. The van der Waals surface area contributed by atoms with Gasteiger partial charge in [0.1, 0.15) is 0 Å². The summed E-state index contributed by atoms with van der Waals surface area (Å²) in [7, 11) is -1.92. The number of aliphatic hydroxyl groups is 1. The summed E-state index contributed by atoms with van der Waals surface area (Å²) in [5.74, 6) is 0. The normalized spacial score (nSPS) is 14.8. The summed E-state index contributed by atoms with van der Waals surface area (Å²) in [6.45, 7) is 13.8. The van der Waals surface area contributed by atoms with Crippen LogP contribution in [0.5, 0.6) is 0 Å². The SMILES string of the molecule is C[Si](C)(C)CC[Si](C)(C)CCCOCC(O)CN. The van der Waals surface area contributed by atoms with Crippen LogP contribution < -0.4 is 5.73 Å². The lowest BCUT2D eigenvalue weighted by Crippen LogP contribution is -2.30. The number of hydrogen-bond donors (Lipinski definition) is 2. The van der Waals surface area contributed by atoms with Gasteiger partial charge in [0.2, 0.25) is 0 Å². The molecule has 1 atom stereocenters. The van der Waals surface area contributed by atoms with Crippen LogP contribution in [0.2, 0.25) is 50.9 Å². The Morgan fingerprint density at radius 3 is 2.17 bits per heavy atom. The summed E-state index contributed by atoms with van der Waals surface area (Å²) >= 11 is 0. The van der Waals surface area contributed by atoms with Gasteiger partial charge in [-0.1, -0.05) is 50.9 Å². The minimum atomic E-state index is -1.03. The average molecular weight is 292 g/mol. The van der Waals surface area contributed by atoms with Crippen molar-refractivity contribution in [3.63, 3.8) is 0 Å². The van der Waals surface area contributed by atoms with E-state index >= 15 is 0 Å². The maximum atomic E-state index is 9.25. The summed E-state index contributed by atoms with van der Waals surface area (Å²) in [6, 6.07) is 4.24. The van der Waals surface area contributed by atoms with Crippen LogP contribution in [0.3, 0.4) is 0 Å². The largest absolute Gasteiger partial charge is 0.389 e. The van der Waals surface area contributed by atoms with Crippen molar-refractivity contribution in [1.29, 1.82) is 0 Å². The molecule has 0 saturated heterocycles. The van der Waals surface area contributed by atoms with Gasteiger partial charge in [0.25, 0.3) is 0 Å². The van der Waals surface area contributed by atoms with Gasteiger partial charge in [-0.3, -0.25) is 0 Å². The van der Waals surface area contributed by atoms with Crippen molar-refractivity contribution in [2.75, 3.05) is 19.8 Å². The van der Waals surface area contributed by atoms with E-state index in [0.717, 1.165) is 13.0 Å². The fraction of sp³-hybridized carbons (Fsp3) is 1.00. The predicted molar refractivity (Wildman–Crippen MR) is 85.7 cm³/mol. The molecule has 0 rings (SSSR count). The topological polar surface area (TPSA) is 55.5 Å². The zero-order valence-electron chi connectivity index (χ0n) is 13.0. The molecule has 0 aliphatic heterocycles. The molecule has 0 radical (unpaired) electrons. The van der Waals surface area contributed by atoms with Gasteiger partial charge in [-0.2, -0.15) is 0 Å². The number of aliphatic hydroxyl groups excluding tert-OH is 1. The highest BCUT2D eigenvalue weighted by Crippen LogP contribution is 2.24. The Bertz CT molecular complexity index is 218. The van der Waals surface area contributed by atoms with Crippen molar-refractivity contribution in [2.45, 2.75) is 63.4 Å². The van der Waals surface area contributed by atoms with Crippen molar-refractivity contribution >= 4 is 16.1 Å². The Hall–Kier alpha value is 0.314. The molecule has 3 nitrogen and oxygen atoms in total.